The van der Waals surface area contributed by atoms with Gasteiger partial charge in [-0.1, -0.05) is 6.07 Å². The van der Waals surface area contributed by atoms with Crippen molar-refractivity contribution in [1.82, 2.24) is 0 Å². The summed E-state index contributed by atoms with van der Waals surface area (Å²) in [6.07, 6.45) is 0. The molecule has 0 aliphatic carbocycles. The van der Waals surface area contributed by atoms with Crippen LogP contribution in [0.2, 0.25) is 0 Å². The van der Waals surface area contributed by atoms with Crippen molar-refractivity contribution in [3.8, 4) is 11.5 Å². The van der Waals surface area contributed by atoms with Gasteiger partial charge in [-0.2, -0.15) is 0 Å². The molecule has 0 saturated heterocycles. The van der Waals surface area contributed by atoms with Crippen LogP contribution in [-0.4, -0.2) is 27.5 Å². The van der Waals surface area contributed by atoms with Gasteiger partial charge in [0, 0.05) is 16.9 Å². The molecule has 0 heterocycles. The van der Waals surface area contributed by atoms with Gasteiger partial charge in [-0.25, -0.2) is 8.42 Å². The molecule has 2 N–H and O–H groups in total. The lowest BCUT2D eigenvalue weighted by atomic mass is 10.2. The Hall–Kier alpha value is -3.52. The molecule has 0 bridgehead atoms. The minimum Gasteiger partial charge on any atom is -0.494 e. The zero-order valence-electron chi connectivity index (χ0n) is 17.3. The SMILES string of the molecule is CCOc1ccc(NS(=O)(=O)c2ccc(NC(=O)c3cccc(OCC)c3)cc2)cc1. The first kappa shape index (κ1) is 22.2. The standard InChI is InChI=1S/C23H24N2O5S/c1-3-29-20-12-8-19(9-13-20)25-31(27,28)22-14-10-18(11-15-22)24-23(26)17-6-5-7-21(16-17)30-4-2/h5-16,25H,3-4H2,1-2H3,(H,24,26). The van der Waals surface area contributed by atoms with Crippen LogP contribution in [0.4, 0.5) is 11.4 Å². The molecule has 7 nitrogen and oxygen atoms in total. The fourth-order valence-electron chi connectivity index (χ4n) is 2.81. The minimum atomic E-state index is -3.77. The number of amides is 1. The molecule has 31 heavy (non-hydrogen) atoms. The van der Waals surface area contributed by atoms with E-state index in [-0.39, 0.29) is 10.8 Å². The van der Waals surface area contributed by atoms with Crippen LogP contribution in [0.5, 0.6) is 11.5 Å². The fourth-order valence-corrected chi connectivity index (χ4v) is 3.87. The number of carbonyl (C=O) groups excluding carboxylic acids is 1. The summed E-state index contributed by atoms with van der Waals surface area (Å²) >= 11 is 0. The molecule has 0 aliphatic rings. The molecular formula is C23H24N2O5S. The van der Waals surface area contributed by atoms with E-state index in [0.717, 1.165) is 0 Å². The van der Waals surface area contributed by atoms with Crippen molar-refractivity contribution in [2.75, 3.05) is 23.3 Å². The third-order valence-corrected chi connectivity index (χ3v) is 5.64. The number of sulfonamides is 1. The van der Waals surface area contributed by atoms with Gasteiger partial charge in [-0.15, -0.1) is 0 Å². The molecule has 0 aliphatic heterocycles. The molecule has 3 aromatic rings. The maximum Gasteiger partial charge on any atom is 0.261 e. The normalized spacial score (nSPS) is 10.9. The highest BCUT2D eigenvalue weighted by molar-refractivity contribution is 7.92. The third-order valence-electron chi connectivity index (χ3n) is 4.25. The van der Waals surface area contributed by atoms with Gasteiger partial charge in [0.25, 0.3) is 15.9 Å². The van der Waals surface area contributed by atoms with Gasteiger partial charge in [0.2, 0.25) is 0 Å². The van der Waals surface area contributed by atoms with Crippen molar-refractivity contribution in [2.24, 2.45) is 0 Å². The van der Waals surface area contributed by atoms with Crippen molar-refractivity contribution < 1.29 is 22.7 Å². The van der Waals surface area contributed by atoms with Crippen LogP contribution in [0.1, 0.15) is 24.2 Å². The Balaban J connectivity index is 1.67. The van der Waals surface area contributed by atoms with Gasteiger partial charge in [0.1, 0.15) is 11.5 Å². The lowest BCUT2D eigenvalue weighted by molar-refractivity contribution is 0.102. The van der Waals surface area contributed by atoms with E-state index in [2.05, 4.69) is 10.0 Å². The van der Waals surface area contributed by atoms with E-state index in [1.54, 1.807) is 48.5 Å². The summed E-state index contributed by atoms with van der Waals surface area (Å²) in [6.45, 7) is 4.78. The van der Waals surface area contributed by atoms with Crippen molar-refractivity contribution in [1.29, 1.82) is 0 Å². The summed E-state index contributed by atoms with van der Waals surface area (Å²) in [6, 6.07) is 19.4. The zero-order valence-corrected chi connectivity index (χ0v) is 18.1. The fraction of sp³-hybridized carbons (Fsp3) is 0.174. The van der Waals surface area contributed by atoms with Crippen LogP contribution < -0.4 is 19.5 Å². The van der Waals surface area contributed by atoms with Crippen molar-refractivity contribution in [3.05, 3.63) is 78.4 Å². The lowest BCUT2D eigenvalue weighted by Crippen LogP contribution is -2.14. The molecule has 0 saturated carbocycles. The molecule has 0 fully saturated rings. The molecule has 3 aromatic carbocycles. The second-order valence-electron chi connectivity index (χ2n) is 6.50. The topological polar surface area (TPSA) is 93.7 Å². The molecule has 0 unspecified atom stereocenters. The Kier molecular flexibility index (Phi) is 7.15. The van der Waals surface area contributed by atoms with Crippen LogP contribution in [0.3, 0.4) is 0 Å². The number of benzene rings is 3. The molecule has 0 radical (unpaired) electrons. The molecule has 0 spiro atoms. The first-order valence-electron chi connectivity index (χ1n) is 9.81. The van der Waals surface area contributed by atoms with E-state index in [1.807, 2.05) is 13.8 Å². The summed E-state index contributed by atoms with van der Waals surface area (Å²) in [5.74, 6) is 0.957. The summed E-state index contributed by atoms with van der Waals surface area (Å²) in [5.41, 5.74) is 1.35. The second-order valence-corrected chi connectivity index (χ2v) is 8.18. The molecule has 3 rings (SSSR count). The Morgan fingerprint density at radius 1 is 0.806 bits per heavy atom. The van der Waals surface area contributed by atoms with Gasteiger partial charge in [-0.05, 0) is 80.6 Å². The Labute approximate surface area is 182 Å². The number of hydrogen-bond donors (Lipinski definition) is 2. The summed E-state index contributed by atoms with van der Waals surface area (Å²) in [4.78, 5) is 12.5. The number of rotatable bonds is 9. The highest BCUT2D eigenvalue weighted by Gasteiger charge is 2.15. The monoisotopic (exact) mass is 440 g/mol. The quantitative estimate of drug-likeness (QED) is 0.510. The average Bonchev–Trinajstić information content (AvgIpc) is 2.76. The summed E-state index contributed by atoms with van der Waals surface area (Å²) < 4.78 is 38.5. The molecule has 1 amide bonds. The van der Waals surface area contributed by atoms with Crippen LogP contribution >= 0.6 is 0 Å². The molecule has 162 valence electrons. The van der Waals surface area contributed by atoms with E-state index in [1.165, 1.54) is 24.3 Å². The highest BCUT2D eigenvalue weighted by atomic mass is 32.2. The molecule has 0 aromatic heterocycles. The minimum absolute atomic E-state index is 0.0812. The number of ether oxygens (including phenoxy) is 2. The molecular weight excluding hydrogens is 416 g/mol. The van der Waals surface area contributed by atoms with Crippen molar-refractivity contribution in [2.45, 2.75) is 18.7 Å². The molecule has 0 atom stereocenters. The van der Waals surface area contributed by atoms with Crippen LogP contribution in [0.15, 0.2) is 77.7 Å². The lowest BCUT2D eigenvalue weighted by Gasteiger charge is -2.11. The van der Waals surface area contributed by atoms with E-state index in [4.69, 9.17) is 9.47 Å². The number of nitrogens with one attached hydrogen (secondary N) is 2. The smallest absolute Gasteiger partial charge is 0.261 e. The first-order valence-corrected chi connectivity index (χ1v) is 11.3. The van der Waals surface area contributed by atoms with Crippen molar-refractivity contribution >= 4 is 27.3 Å². The zero-order chi connectivity index (χ0) is 22.3. The van der Waals surface area contributed by atoms with Crippen LogP contribution in [-0.2, 0) is 10.0 Å². The number of anilines is 2. The molecule has 8 heteroatoms. The average molecular weight is 441 g/mol. The van der Waals surface area contributed by atoms with Gasteiger partial charge in [0.15, 0.2) is 0 Å². The van der Waals surface area contributed by atoms with Gasteiger partial charge >= 0.3 is 0 Å². The largest absolute Gasteiger partial charge is 0.494 e. The summed E-state index contributed by atoms with van der Waals surface area (Å²) in [7, 11) is -3.77. The number of hydrogen-bond acceptors (Lipinski definition) is 5. The van der Waals surface area contributed by atoms with E-state index >= 15 is 0 Å². The highest BCUT2D eigenvalue weighted by Crippen LogP contribution is 2.21. The van der Waals surface area contributed by atoms with E-state index in [9.17, 15) is 13.2 Å². The maximum absolute atomic E-state index is 12.6. The van der Waals surface area contributed by atoms with Gasteiger partial charge < -0.3 is 14.8 Å². The Morgan fingerprint density at radius 2 is 1.42 bits per heavy atom. The van der Waals surface area contributed by atoms with E-state index < -0.39 is 10.0 Å². The van der Waals surface area contributed by atoms with Gasteiger partial charge in [0.05, 0.1) is 18.1 Å². The predicted molar refractivity (Wildman–Crippen MR) is 120 cm³/mol. The second kappa shape index (κ2) is 9.99. The summed E-state index contributed by atoms with van der Waals surface area (Å²) in [5, 5.41) is 2.75. The maximum atomic E-state index is 12.6. The van der Waals surface area contributed by atoms with Gasteiger partial charge in [-0.3, -0.25) is 9.52 Å². The van der Waals surface area contributed by atoms with Crippen LogP contribution in [0.25, 0.3) is 0 Å². The third kappa shape index (κ3) is 5.99. The Bertz CT molecular complexity index is 1130. The Morgan fingerprint density at radius 3 is 2.06 bits per heavy atom. The van der Waals surface area contributed by atoms with Crippen LogP contribution in [0, 0.1) is 0 Å². The first-order chi connectivity index (χ1) is 14.9. The van der Waals surface area contributed by atoms with Crippen molar-refractivity contribution in [3.63, 3.8) is 0 Å². The van der Waals surface area contributed by atoms with E-state index in [0.29, 0.717) is 41.7 Å². The predicted octanol–water partition coefficient (Wildman–Crippen LogP) is 4.54. The number of carbonyl (C=O) groups is 1.